The molecule has 6 heteroatoms. The van der Waals surface area contributed by atoms with Crippen molar-refractivity contribution >= 4 is 23.4 Å². The van der Waals surface area contributed by atoms with Crippen molar-refractivity contribution in [3.05, 3.63) is 29.8 Å². The number of para-hydroxylation sites is 1. The smallest absolute Gasteiger partial charge is 0.250 e. The highest BCUT2D eigenvalue weighted by atomic mass is 16.2. The maximum atomic E-state index is 13.4. The normalized spacial score (nSPS) is 33.2. The predicted octanol–water partition coefficient (Wildman–Crippen LogP) is 1.86. The van der Waals surface area contributed by atoms with Crippen LogP contribution in [0.1, 0.15) is 40.2 Å². The summed E-state index contributed by atoms with van der Waals surface area (Å²) in [5.41, 5.74) is -0.318. The number of nitrogens with zero attached hydrogens (tertiary/aromatic N) is 1. The third-order valence-electron chi connectivity index (χ3n) is 5.95. The largest absolute Gasteiger partial charge is 0.324 e. The average molecular weight is 355 g/mol. The van der Waals surface area contributed by atoms with Crippen LogP contribution in [0.4, 0.5) is 5.69 Å². The van der Waals surface area contributed by atoms with Gasteiger partial charge in [0.2, 0.25) is 17.7 Å². The minimum Gasteiger partial charge on any atom is -0.324 e. The molecule has 1 aromatic rings. The summed E-state index contributed by atoms with van der Waals surface area (Å²) in [4.78, 5) is 41.2. The predicted molar refractivity (Wildman–Crippen MR) is 97.1 cm³/mol. The van der Waals surface area contributed by atoms with E-state index in [-0.39, 0.29) is 29.7 Å². The summed E-state index contributed by atoms with van der Waals surface area (Å²) < 4.78 is 0. The molecular formula is C20H25N3O3. The zero-order chi connectivity index (χ0) is 19.0. The Hall–Kier alpha value is -2.21. The molecule has 3 aliphatic rings. The van der Waals surface area contributed by atoms with Crippen LogP contribution in [0.2, 0.25) is 0 Å². The number of likely N-dealkylation sites (tertiary alicyclic amines) is 1. The van der Waals surface area contributed by atoms with Gasteiger partial charge in [-0.25, -0.2) is 0 Å². The second-order valence-electron chi connectivity index (χ2n) is 8.91. The quantitative estimate of drug-likeness (QED) is 0.754. The molecule has 4 atom stereocenters. The van der Waals surface area contributed by atoms with E-state index < -0.39 is 22.9 Å². The molecule has 138 valence electrons. The monoisotopic (exact) mass is 355 g/mol. The minimum absolute atomic E-state index is 0.110. The molecule has 0 saturated carbocycles. The number of fused-ring (bicyclic) bond motifs is 4. The Morgan fingerprint density at radius 3 is 2.35 bits per heavy atom. The fraction of sp³-hybridized carbons (Fsp3) is 0.550. The second-order valence-corrected chi connectivity index (χ2v) is 8.91. The number of anilines is 1. The van der Waals surface area contributed by atoms with Gasteiger partial charge in [0.1, 0.15) is 5.54 Å². The van der Waals surface area contributed by atoms with E-state index in [1.165, 1.54) is 4.90 Å². The number of carbonyl (C=O) groups is 3. The molecule has 2 fully saturated rings. The zero-order valence-electron chi connectivity index (χ0n) is 15.8. The Bertz CT molecular complexity index is 826. The van der Waals surface area contributed by atoms with Crippen LogP contribution in [-0.4, -0.2) is 34.2 Å². The van der Waals surface area contributed by atoms with Crippen molar-refractivity contribution in [2.24, 2.45) is 17.8 Å². The van der Waals surface area contributed by atoms with E-state index in [0.717, 1.165) is 5.56 Å². The number of hydrogen-bond acceptors (Lipinski definition) is 4. The van der Waals surface area contributed by atoms with Crippen molar-refractivity contribution in [3.63, 3.8) is 0 Å². The highest BCUT2D eigenvalue weighted by Crippen LogP contribution is 2.54. The molecule has 0 radical (unpaired) electrons. The summed E-state index contributed by atoms with van der Waals surface area (Å²) in [6.45, 7) is 9.61. The lowest BCUT2D eigenvalue weighted by atomic mass is 9.76. The van der Waals surface area contributed by atoms with Crippen molar-refractivity contribution in [2.45, 2.75) is 51.7 Å². The van der Waals surface area contributed by atoms with E-state index in [0.29, 0.717) is 5.69 Å². The first-order valence-corrected chi connectivity index (χ1v) is 9.17. The van der Waals surface area contributed by atoms with Crippen LogP contribution in [0.25, 0.3) is 0 Å². The van der Waals surface area contributed by atoms with Crippen LogP contribution in [-0.2, 0) is 19.9 Å². The van der Waals surface area contributed by atoms with Gasteiger partial charge in [-0.3, -0.25) is 24.6 Å². The first-order valence-electron chi connectivity index (χ1n) is 9.17. The molecule has 6 nitrogen and oxygen atoms in total. The standard InChI is InChI=1S/C20H25N3O3/c1-10(2)15-13-14(17(25)23(16(13)24)19(3,4)5)20(22-15)11-8-6-7-9-12(11)21-18(20)26/h6-10,13-15,22H,1-5H3,(H,21,26)/t13-,14-,15+,20+/m0/s1. The molecule has 2 saturated heterocycles. The van der Waals surface area contributed by atoms with E-state index in [1.54, 1.807) is 0 Å². The Labute approximate surface area is 153 Å². The summed E-state index contributed by atoms with van der Waals surface area (Å²) in [5, 5.41) is 6.33. The summed E-state index contributed by atoms with van der Waals surface area (Å²) in [6, 6.07) is 7.19. The molecule has 3 aliphatic heterocycles. The fourth-order valence-corrected chi connectivity index (χ4v) is 4.92. The maximum absolute atomic E-state index is 13.4. The Morgan fingerprint density at radius 2 is 1.73 bits per heavy atom. The average Bonchev–Trinajstić information content (AvgIpc) is 3.12. The number of carbonyl (C=O) groups excluding carboxylic acids is 3. The number of imide groups is 1. The van der Waals surface area contributed by atoms with Gasteiger partial charge in [-0.1, -0.05) is 32.0 Å². The Morgan fingerprint density at radius 1 is 1.08 bits per heavy atom. The summed E-state index contributed by atoms with van der Waals surface area (Å²) in [6.07, 6.45) is 0. The lowest BCUT2D eigenvalue weighted by Crippen LogP contribution is -2.56. The first-order chi connectivity index (χ1) is 12.1. The first kappa shape index (κ1) is 17.2. The SMILES string of the molecule is CC(C)[C@H]1N[C@@]2(C(=O)Nc3ccccc32)[C@@H]2C(=O)N(C(C)(C)C)C(=O)[C@H]12. The van der Waals surface area contributed by atoms with E-state index in [2.05, 4.69) is 10.6 Å². The number of nitrogens with one attached hydrogen (secondary N) is 2. The molecule has 4 rings (SSSR count). The lowest BCUT2D eigenvalue weighted by Gasteiger charge is -2.35. The highest BCUT2D eigenvalue weighted by molar-refractivity contribution is 6.15. The summed E-state index contributed by atoms with van der Waals surface area (Å²) >= 11 is 0. The van der Waals surface area contributed by atoms with Gasteiger partial charge >= 0.3 is 0 Å². The maximum Gasteiger partial charge on any atom is 0.250 e. The van der Waals surface area contributed by atoms with E-state index in [9.17, 15) is 14.4 Å². The molecule has 3 amide bonds. The van der Waals surface area contributed by atoms with Gasteiger partial charge in [0, 0.05) is 22.8 Å². The minimum atomic E-state index is -1.18. The zero-order valence-corrected chi connectivity index (χ0v) is 15.8. The van der Waals surface area contributed by atoms with Crippen molar-refractivity contribution in [1.82, 2.24) is 10.2 Å². The molecule has 1 spiro atoms. The Kier molecular flexibility index (Phi) is 3.42. The molecule has 0 bridgehead atoms. The highest BCUT2D eigenvalue weighted by Gasteiger charge is 2.71. The topological polar surface area (TPSA) is 78.5 Å². The number of hydrogen-bond donors (Lipinski definition) is 2. The molecule has 3 heterocycles. The number of amides is 3. The second kappa shape index (κ2) is 5.16. The van der Waals surface area contributed by atoms with Gasteiger partial charge < -0.3 is 5.32 Å². The lowest BCUT2D eigenvalue weighted by molar-refractivity contribution is -0.148. The Balaban J connectivity index is 1.93. The van der Waals surface area contributed by atoms with Crippen LogP contribution >= 0.6 is 0 Å². The van der Waals surface area contributed by atoms with Gasteiger partial charge in [-0.05, 0) is 32.8 Å². The van der Waals surface area contributed by atoms with E-state index in [4.69, 9.17) is 0 Å². The van der Waals surface area contributed by atoms with Crippen molar-refractivity contribution in [2.75, 3.05) is 5.32 Å². The van der Waals surface area contributed by atoms with Crippen molar-refractivity contribution < 1.29 is 14.4 Å². The summed E-state index contributed by atoms with van der Waals surface area (Å²) in [7, 11) is 0. The van der Waals surface area contributed by atoms with Gasteiger partial charge in [0.15, 0.2) is 0 Å². The van der Waals surface area contributed by atoms with Gasteiger partial charge in [-0.2, -0.15) is 0 Å². The van der Waals surface area contributed by atoms with Crippen LogP contribution in [0, 0.1) is 17.8 Å². The van der Waals surface area contributed by atoms with Crippen LogP contribution < -0.4 is 10.6 Å². The van der Waals surface area contributed by atoms with Crippen molar-refractivity contribution in [3.8, 4) is 0 Å². The molecule has 0 unspecified atom stereocenters. The molecular weight excluding hydrogens is 330 g/mol. The van der Waals surface area contributed by atoms with Gasteiger partial charge in [-0.15, -0.1) is 0 Å². The third-order valence-corrected chi connectivity index (χ3v) is 5.95. The molecule has 0 aromatic heterocycles. The fourth-order valence-electron chi connectivity index (χ4n) is 4.92. The van der Waals surface area contributed by atoms with E-state index >= 15 is 0 Å². The molecule has 26 heavy (non-hydrogen) atoms. The van der Waals surface area contributed by atoms with Gasteiger partial charge in [0.25, 0.3) is 0 Å². The molecule has 1 aromatic carbocycles. The van der Waals surface area contributed by atoms with E-state index in [1.807, 2.05) is 58.9 Å². The number of rotatable bonds is 1. The molecule has 0 aliphatic carbocycles. The van der Waals surface area contributed by atoms with Crippen LogP contribution in [0.15, 0.2) is 24.3 Å². The third kappa shape index (κ3) is 1.93. The van der Waals surface area contributed by atoms with Crippen LogP contribution in [0.5, 0.6) is 0 Å². The number of benzene rings is 1. The van der Waals surface area contributed by atoms with Gasteiger partial charge in [0.05, 0.1) is 11.8 Å². The summed E-state index contributed by atoms with van der Waals surface area (Å²) in [5.74, 6) is -1.81. The molecule has 2 N–H and O–H groups in total. The van der Waals surface area contributed by atoms with Crippen molar-refractivity contribution in [1.29, 1.82) is 0 Å². The van der Waals surface area contributed by atoms with Crippen LogP contribution in [0.3, 0.4) is 0 Å².